The van der Waals surface area contributed by atoms with Gasteiger partial charge in [-0.1, -0.05) is 12.2 Å². The van der Waals surface area contributed by atoms with E-state index < -0.39 is 5.97 Å². The van der Waals surface area contributed by atoms with E-state index in [-0.39, 0.29) is 12.5 Å². The normalized spacial score (nSPS) is 13.8. The number of carbonyl (C=O) groups excluding carboxylic acids is 1. The predicted molar refractivity (Wildman–Crippen MR) is 75.1 cm³/mol. The van der Waals surface area contributed by atoms with E-state index in [0.29, 0.717) is 25.1 Å². The van der Waals surface area contributed by atoms with E-state index in [1.807, 2.05) is 6.92 Å². The van der Waals surface area contributed by atoms with E-state index >= 15 is 0 Å². The summed E-state index contributed by atoms with van der Waals surface area (Å²) < 4.78 is 5.16. The number of amides is 1. The molecule has 0 saturated carbocycles. The second kappa shape index (κ2) is 5.77. The van der Waals surface area contributed by atoms with Crippen molar-refractivity contribution in [3.63, 3.8) is 0 Å². The fraction of sp³-hybridized carbons (Fsp3) is 0.333. The molecule has 2 rings (SSSR count). The molecule has 1 aromatic carbocycles. The van der Waals surface area contributed by atoms with Crippen molar-refractivity contribution in [2.45, 2.75) is 19.8 Å². The fourth-order valence-electron chi connectivity index (χ4n) is 2.21. The maximum Gasteiger partial charge on any atom is 0.341 e. The van der Waals surface area contributed by atoms with Crippen molar-refractivity contribution in [2.75, 3.05) is 18.1 Å². The van der Waals surface area contributed by atoms with Crippen molar-refractivity contribution in [1.82, 2.24) is 0 Å². The Labute approximate surface area is 117 Å². The third kappa shape index (κ3) is 3.17. The van der Waals surface area contributed by atoms with Crippen LogP contribution in [-0.2, 0) is 16.0 Å². The number of carboxylic acids is 1. The van der Waals surface area contributed by atoms with Crippen LogP contribution in [0.1, 0.15) is 18.9 Å². The molecule has 1 N–H and O–H groups in total. The van der Waals surface area contributed by atoms with Crippen LogP contribution in [-0.4, -0.2) is 30.1 Å². The highest BCUT2D eigenvalue weighted by atomic mass is 16.5. The summed E-state index contributed by atoms with van der Waals surface area (Å²) in [5, 5.41) is 8.60. The van der Waals surface area contributed by atoms with Crippen molar-refractivity contribution in [3.8, 4) is 5.75 Å². The molecule has 106 valence electrons. The lowest BCUT2D eigenvalue weighted by Gasteiger charge is -2.29. The average Bonchev–Trinajstić information content (AvgIpc) is 2.39. The molecule has 0 fully saturated rings. The molecular weight excluding hydrogens is 258 g/mol. The van der Waals surface area contributed by atoms with Gasteiger partial charge in [0.1, 0.15) is 5.75 Å². The van der Waals surface area contributed by atoms with Crippen molar-refractivity contribution >= 4 is 17.6 Å². The summed E-state index contributed by atoms with van der Waals surface area (Å²) in [5.74, 6) is -0.419. The minimum Gasteiger partial charge on any atom is -0.482 e. The lowest BCUT2D eigenvalue weighted by molar-refractivity contribution is -0.139. The van der Waals surface area contributed by atoms with Crippen LogP contribution in [0.3, 0.4) is 0 Å². The molecular formula is C15H17NO4. The Morgan fingerprint density at radius 2 is 2.20 bits per heavy atom. The van der Waals surface area contributed by atoms with Gasteiger partial charge in [-0.25, -0.2) is 4.79 Å². The molecule has 1 amide bonds. The van der Waals surface area contributed by atoms with Crippen molar-refractivity contribution in [3.05, 3.63) is 35.9 Å². The molecule has 1 aromatic rings. The monoisotopic (exact) mass is 275 g/mol. The van der Waals surface area contributed by atoms with Gasteiger partial charge < -0.3 is 14.7 Å². The van der Waals surface area contributed by atoms with E-state index in [9.17, 15) is 9.59 Å². The summed E-state index contributed by atoms with van der Waals surface area (Å²) in [6.45, 7) is 5.85. The first-order valence-electron chi connectivity index (χ1n) is 6.39. The van der Waals surface area contributed by atoms with Crippen molar-refractivity contribution in [2.24, 2.45) is 0 Å². The minimum absolute atomic E-state index is 0.0831. The minimum atomic E-state index is -1.01. The highest BCUT2D eigenvalue weighted by Gasteiger charge is 2.24. The Bertz CT molecular complexity index is 565. The third-order valence-electron chi connectivity index (χ3n) is 3.04. The number of rotatable bonds is 5. The molecule has 20 heavy (non-hydrogen) atoms. The Morgan fingerprint density at radius 1 is 1.45 bits per heavy atom. The number of fused-ring (bicyclic) bond motifs is 1. The van der Waals surface area contributed by atoms with E-state index in [0.717, 1.165) is 16.8 Å². The zero-order valence-electron chi connectivity index (χ0n) is 11.4. The molecule has 1 heterocycles. The van der Waals surface area contributed by atoms with Crippen molar-refractivity contribution < 1.29 is 19.4 Å². The molecule has 5 heteroatoms. The number of anilines is 1. The number of hydrogen-bond donors (Lipinski definition) is 1. The van der Waals surface area contributed by atoms with Gasteiger partial charge in [-0.3, -0.25) is 4.79 Å². The number of benzene rings is 1. The van der Waals surface area contributed by atoms with Gasteiger partial charge in [0.05, 0.1) is 0 Å². The summed E-state index contributed by atoms with van der Waals surface area (Å²) in [5.41, 5.74) is 2.76. The summed E-state index contributed by atoms with van der Waals surface area (Å²) >= 11 is 0. The number of hydrogen-bond acceptors (Lipinski definition) is 3. The van der Waals surface area contributed by atoms with Crippen LogP contribution < -0.4 is 9.64 Å². The lowest BCUT2D eigenvalue weighted by atomic mass is 10.0. The molecule has 0 unspecified atom stereocenters. The van der Waals surface area contributed by atoms with Gasteiger partial charge in [-0.2, -0.15) is 0 Å². The van der Waals surface area contributed by atoms with Crippen LogP contribution in [0.4, 0.5) is 5.69 Å². The number of aliphatic carboxylic acids is 1. The molecule has 0 saturated heterocycles. The lowest BCUT2D eigenvalue weighted by Crippen LogP contribution is -2.36. The Hall–Kier alpha value is -2.30. The molecule has 0 aromatic heterocycles. The highest BCUT2D eigenvalue weighted by Crippen LogP contribution is 2.31. The van der Waals surface area contributed by atoms with Gasteiger partial charge in [-0.05, 0) is 37.1 Å². The van der Waals surface area contributed by atoms with Crippen LogP contribution in [0.2, 0.25) is 0 Å². The second-order valence-electron chi connectivity index (χ2n) is 4.91. The van der Waals surface area contributed by atoms with E-state index in [4.69, 9.17) is 9.84 Å². The smallest absolute Gasteiger partial charge is 0.341 e. The molecule has 0 radical (unpaired) electrons. The van der Waals surface area contributed by atoms with Gasteiger partial charge in [0.25, 0.3) is 0 Å². The Balaban J connectivity index is 2.23. The summed E-state index contributed by atoms with van der Waals surface area (Å²) in [4.78, 5) is 24.2. The largest absolute Gasteiger partial charge is 0.482 e. The SMILES string of the molecule is C=C(C)CN1C(=O)CCc2cc(OCC(=O)O)ccc21. The van der Waals surface area contributed by atoms with E-state index in [2.05, 4.69) is 6.58 Å². The topological polar surface area (TPSA) is 66.8 Å². The number of nitrogens with zero attached hydrogens (tertiary/aromatic N) is 1. The number of carboxylic acid groups (broad SMARTS) is 1. The highest BCUT2D eigenvalue weighted by molar-refractivity contribution is 5.96. The van der Waals surface area contributed by atoms with E-state index in [1.54, 1.807) is 23.1 Å². The van der Waals surface area contributed by atoms with Crippen LogP contribution in [0.15, 0.2) is 30.4 Å². The quantitative estimate of drug-likeness (QED) is 0.835. The van der Waals surface area contributed by atoms with Gasteiger partial charge in [0.2, 0.25) is 5.91 Å². The molecule has 1 aliphatic rings. The molecule has 0 aliphatic carbocycles. The predicted octanol–water partition coefficient (Wildman–Crippen LogP) is 2.01. The van der Waals surface area contributed by atoms with Crippen LogP contribution >= 0.6 is 0 Å². The van der Waals surface area contributed by atoms with Gasteiger partial charge in [0, 0.05) is 18.7 Å². The van der Waals surface area contributed by atoms with Gasteiger partial charge in [-0.15, -0.1) is 0 Å². The summed E-state index contributed by atoms with van der Waals surface area (Å²) in [6, 6.07) is 5.29. The second-order valence-corrected chi connectivity index (χ2v) is 4.91. The molecule has 0 spiro atoms. The maximum absolute atomic E-state index is 12.0. The Morgan fingerprint density at radius 3 is 2.85 bits per heavy atom. The van der Waals surface area contributed by atoms with Crippen LogP contribution in [0, 0.1) is 0 Å². The summed E-state index contributed by atoms with van der Waals surface area (Å²) in [7, 11) is 0. The number of ether oxygens (including phenoxy) is 1. The average molecular weight is 275 g/mol. The molecule has 0 atom stereocenters. The first kappa shape index (κ1) is 14.1. The molecule has 0 bridgehead atoms. The third-order valence-corrected chi connectivity index (χ3v) is 3.04. The van der Waals surface area contributed by atoms with Crippen molar-refractivity contribution in [1.29, 1.82) is 0 Å². The van der Waals surface area contributed by atoms with Crippen LogP contribution in [0.25, 0.3) is 0 Å². The van der Waals surface area contributed by atoms with Gasteiger partial charge in [0.15, 0.2) is 6.61 Å². The van der Waals surface area contributed by atoms with Crippen LogP contribution in [0.5, 0.6) is 5.75 Å². The first-order chi connectivity index (χ1) is 9.47. The number of carbonyl (C=O) groups is 2. The number of aryl methyl sites for hydroxylation is 1. The maximum atomic E-state index is 12.0. The molecule has 5 nitrogen and oxygen atoms in total. The molecule has 1 aliphatic heterocycles. The Kier molecular flexibility index (Phi) is 4.08. The zero-order valence-corrected chi connectivity index (χ0v) is 11.4. The van der Waals surface area contributed by atoms with E-state index in [1.165, 1.54) is 0 Å². The van der Waals surface area contributed by atoms with Gasteiger partial charge >= 0.3 is 5.97 Å². The standard InChI is InChI=1S/C15H17NO4/c1-10(2)8-16-13-5-4-12(20-9-15(18)19)7-11(13)3-6-14(16)17/h4-5,7H,1,3,6,8-9H2,2H3,(H,18,19). The summed E-state index contributed by atoms with van der Waals surface area (Å²) in [6.07, 6.45) is 1.09. The first-order valence-corrected chi connectivity index (χ1v) is 6.39. The fourth-order valence-corrected chi connectivity index (χ4v) is 2.21. The zero-order chi connectivity index (χ0) is 14.7.